The molecule has 23 heavy (non-hydrogen) atoms. The first-order valence-electron chi connectivity index (χ1n) is 7.39. The van der Waals surface area contributed by atoms with Gasteiger partial charge in [-0.2, -0.15) is 0 Å². The van der Waals surface area contributed by atoms with E-state index >= 15 is 0 Å². The zero-order chi connectivity index (χ0) is 16.3. The van der Waals surface area contributed by atoms with Crippen molar-refractivity contribution in [1.82, 2.24) is 9.71 Å². The van der Waals surface area contributed by atoms with E-state index in [2.05, 4.69) is 9.71 Å². The number of hydrogen-bond acceptors (Lipinski definition) is 5. The van der Waals surface area contributed by atoms with Crippen LogP contribution in [0.1, 0.15) is 31.2 Å². The van der Waals surface area contributed by atoms with Crippen LogP contribution < -0.4 is 9.46 Å². The standard InChI is InChI=1S/C15H17ClN2O3S2/c16-13-5-6-15(22-13)23(19,20)18-10-11-7-8-17-14(9-11)21-12-3-1-2-4-12/h5-9,12,18H,1-4,10H2. The lowest BCUT2D eigenvalue weighted by molar-refractivity contribution is 0.201. The van der Waals surface area contributed by atoms with Crippen LogP contribution in [0.3, 0.4) is 0 Å². The average Bonchev–Trinajstić information content (AvgIpc) is 3.18. The van der Waals surface area contributed by atoms with Crippen LogP contribution in [0.15, 0.2) is 34.7 Å². The number of pyridine rings is 1. The van der Waals surface area contributed by atoms with E-state index in [1.807, 2.05) is 0 Å². The first kappa shape index (κ1) is 16.7. The molecule has 0 unspecified atom stereocenters. The summed E-state index contributed by atoms with van der Waals surface area (Å²) in [6.45, 7) is 0.182. The molecule has 0 amide bonds. The fraction of sp³-hybridized carbons (Fsp3) is 0.400. The number of hydrogen-bond donors (Lipinski definition) is 1. The van der Waals surface area contributed by atoms with Gasteiger partial charge in [0.25, 0.3) is 0 Å². The van der Waals surface area contributed by atoms with E-state index in [4.69, 9.17) is 16.3 Å². The predicted octanol–water partition coefficient (Wildman–Crippen LogP) is 3.60. The van der Waals surface area contributed by atoms with E-state index in [1.165, 1.54) is 18.9 Å². The van der Waals surface area contributed by atoms with Gasteiger partial charge in [-0.25, -0.2) is 18.1 Å². The number of halogens is 1. The van der Waals surface area contributed by atoms with Crippen molar-refractivity contribution < 1.29 is 13.2 Å². The highest BCUT2D eigenvalue weighted by molar-refractivity contribution is 7.91. The van der Waals surface area contributed by atoms with Crippen LogP contribution in [-0.4, -0.2) is 19.5 Å². The molecule has 0 spiro atoms. The molecule has 2 aromatic heterocycles. The molecule has 1 saturated carbocycles. The average molecular weight is 373 g/mol. The summed E-state index contributed by atoms with van der Waals surface area (Å²) in [5.41, 5.74) is 0.805. The fourth-order valence-electron chi connectivity index (χ4n) is 2.49. The zero-order valence-corrected chi connectivity index (χ0v) is 14.8. The number of aromatic nitrogens is 1. The molecule has 1 aliphatic rings. The van der Waals surface area contributed by atoms with Crippen LogP contribution in [0.4, 0.5) is 0 Å². The third-order valence-corrected chi connectivity index (χ3v) is 6.79. The second-order valence-electron chi connectivity index (χ2n) is 5.41. The molecule has 2 aromatic rings. The SMILES string of the molecule is O=S(=O)(NCc1ccnc(OC2CCCC2)c1)c1ccc(Cl)s1. The lowest BCUT2D eigenvalue weighted by Crippen LogP contribution is -2.22. The summed E-state index contributed by atoms with van der Waals surface area (Å²) in [7, 11) is -3.55. The van der Waals surface area contributed by atoms with Crippen LogP contribution >= 0.6 is 22.9 Å². The van der Waals surface area contributed by atoms with Crippen molar-refractivity contribution in [2.75, 3.05) is 0 Å². The van der Waals surface area contributed by atoms with Crippen molar-refractivity contribution in [3.63, 3.8) is 0 Å². The molecular weight excluding hydrogens is 356 g/mol. The van der Waals surface area contributed by atoms with Crippen molar-refractivity contribution in [2.24, 2.45) is 0 Å². The highest BCUT2D eigenvalue weighted by atomic mass is 35.5. The Bertz CT molecular complexity index is 771. The van der Waals surface area contributed by atoms with Crippen molar-refractivity contribution in [2.45, 2.75) is 42.5 Å². The summed E-state index contributed by atoms with van der Waals surface area (Å²) in [5, 5.41) is 0. The minimum absolute atomic E-state index is 0.182. The van der Waals surface area contributed by atoms with Gasteiger partial charge in [-0.05, 0) is 49.4 Å². The highest BCUT2D eigenvalue weighted by Crippen LogP contribution is 2.26. The zero-order valence-electron chi connectivity index (χ0n) is 12.4. The lowest BCUT2D eigenvalue weighted by atomic mass is 10.2. The normalized spacial score (nSPS) is 15.9. The Balaban J connectivity index is 1.63. The predicted molar refractivity (Wildman–Crippen MR) is 90.5 cm³/mol. The summed E-state index contributed by atoms with van der Waals surface area (Å²) >= 11 is 6.82. The molecule has 124 valence electrons. The van der Waals surface area contributed by atoms with Gasteiger partial charge >= 0.3 is 0 Å². The molecule has 0 atom stereocenters. The molecule has 2 heterocycles. The topological polar surface area (TPSA) is 68.3 Å². The van der Waals surface area contributed by atoms with Crippen LogP contribution in [0.5, 0.6) is 5.88 Å². The van der Waals surface area contributed by atoms with Gasteiger partial charge in [-0.15, -0.1) is 11.3 Å². The van der Waals surface area contributed by atoms with E-state index in [9.17, 15) is 8.42 Å². The maximum atomic E-state index is 12.2. The first-order valence-corrected chi connectivity index (χ1v) is 10.1. The Labute approximate surface area is 144 Å². The van der Waals surface area contributed by atoms with Gasteiger partial charge in [0.2, 0.25) is 15.9 Å². The van der Waals surface area contributed by atoms with E-state index in [0.29, 0.717) is 10.2 Å². The largest absolute Gasteiger partial charge is 0.474 e. The molecule has 5 nitrogen and oxygen atoms in total. The second kappa shape index (κ2) is 7.17. The van der Waals surface area contributed by atoms with Crippen molar-refractivity contribution in [3.8, 4) is 5.88 Å². The summed E-state index contributed by atoms with van der Waals surface area (Å²) in [5.74, 6) is 0.549. The van der Waals surface area contributed by atoms with Crippen molar-refractivity contribution in [3.05, 3.63) is 40.4 Å². The molecule has 0 aromatic carbocycles. The molecule has 3 rings (SSSR count). The Morgan fingerprint density at radius 1 is 1.30 bits per heavy atom. The summed E-state index contributed by atoms with van der Waals surface area (Å²) < 4.78 is 33.4. The minimum Gasteiger partial charge on any atom is -0.474 e. The number of nitrogens with one attached hydrogen (secondary N) is 1. The van der Waals surface area contributed by atoms with E-state index in [-0.39, 0.29) is 16.9 Å². The third-order valence-electron chi connectivity index (χ3n) is 3.67. The minimum atomic E-state index is -3.55. The molecule has 8 heteroatoms. The molecule has 0 aliphatic heterocycles. The molecule has 1 N–H and O–H groups in total. The second-order valence-corrected chi connectivity index (χ2v) is 9.12. The highest BCUT2D eigenvalue weighted by Gasteiger charge is 2.18. The van der Waals surface area contributed by atoms with Gasteiger partial charge in [0, 0.05) is 18.8 Å². The number of thiophene rings is 1. The number of sulfonamides is 1. The molecule has 0 bridgehead atoms. The quantitative estimate of drug-likeness (QED) is 0.841. The smallest absolute Gasteiger partial charge is 0.250 e. The van der Waals surface area contributed by atoms with Crippen molar-refractivity contribution in [1.29, 1.82) is 0 Å². The van der Waals surface area contributed by atoms with Crippen molar-refractivity contribution >= 4 is 33.0 Å². The lowest BCUT2D eigenvalue weighted by Gasteiger charge is -2.12. The Kier molecular flexibility index (Phi) is 5.21. The third kappa shape index (κ3) is 4.44. The van der Waals surface area contributed by atoms with Crippen LogP contribution in [0, 0.1) is 0 Å². The fourth-order valence-corrected chi connectivity index (χ4v) is 5.04. The Morgan fingerprint density at radius 3 is 2.78 bits per heavy atom. The molecule has 0 radical (unpaired) electrons. The summed E-state index contributed by atoms with van der Waals surface area (Å²) in [6.07, 6.45) is 6.34. The van der Waals surface area contributed by atoms with Gasteiger partial charge in [0.1, 0.15) is 10.3 Å². The van der Waals surface area contributed by atoms with E-state index in [1.54, 1.807) is 24.4 Å². The maximum absolute atomic E-state index is 12.2. The Morgan fingerprint density at radius 2 is 2.09 bits per heavy atom. The monoisotopic (exact) mass is 372 g/mol. The van der Waals surface area contributed by atoms with E-state index < -0.39 is 10.0 Å². The van der Waals surface area contributed by atoms with Crippen LogP contribution in [0.25, 0.3) is 0 Å². The summed E-state index contributed by atoms with van der Waals surface area (Å²) in [4.78, 5) is 4.19. The number of ether oxygens (including phenoxy) is 1. The Hall–Kier alpha value is -1.15. The van der Waals surface area contributed by atoms with E-state index in [0.717, 1.165) is 29.7 Å². The van der Waals surface area contributed by atoms with Gasteiger partial charge in [0.15, 0.2) is 0 Å². The maximum Gasteiger partial charge on any atom is 0.250 e. The molecule has 1 fully saturated rings. The molecule has 0 saturated heterocycles. The summed E-state index contributed by atoms with van der Waals surface area (Å²) in [6, 6.07) is 6.62. The van der Waals surface area contributed by atoms with Crippen LogP contribution in [-0.2, 0) is 16.6 Å². The van der Waals surface area contributed by atoms with Gasteiger partial charge < -0.3 is 4.74 Å². The van der Waals surface area contributed by atoms with Gasteiger partial charge in [0.05, 0.1) is 4.34 Å². The number of nitrogens with zero attached hydrogens (tertiary/aromatic N) is 1. The van der Waals surface area contributed by atoms with Gasteiger partial charge in [-0.3, -0.25) is 0 Å². The number of rotatable bonds is 6. The first-order chi connectivity index (χ1) is 11.0. The molecule has 1 aliphatic carbocycles. The van der Waals surface area contributed by atoms with Gasteiger partial charge in [-0.1, -0.05) is 11.6 Å². The molecular formula is C15H17ClN2O3S2. The van der Waals surface area contributed by atoms with Crippen LogP contribution in [0.2, 0.25) is 4.34 Å².